The number of amides is 6. The number of piperazine rings is 1. The van der Waals surface area contributed by atoms with Crippen LogP contribution in [0, 0.1) is 0 Å². The minimum Gasteiger partial charge on any atom is -0.382 e. The number of halogens is 1. The predicted molar refractivity (Wildman–Crippen MR) is 240 cm³/mol. The van der Waals surface area contributed by atoms with Gasteiger partial charge in [-0.25, -0.2) is 9.97 Å². The zero-order chi connectivity index (χ0) is 45.5. The van der Waals surface area contributed by atoms with Crippen molar-refractivity contribution in [3.8, 4) is 0 Å². The molecule has 6 heterocycles. The van der Waals surface area contributed by atoms with E-state index in [-0.39, 0.29) is 61.5 Å². The van der Waals surface area contributed by atoms with E-state index in [1.807, 2.05) is 41.4 Å². The molecule has 0 spiro atoms. The molecule has 0 aliphatic carbocycles. The number of carbonyl (C=O) groups excluding carboxylic acids is 6. The van der Waals surface area contributed by atoms with Crippen LogP contribution in [-0.4, -0.2) is 155 Å². The molecule has 65 heavy (non-hydrogen) atoms. The average molecular weight is 912 g/mol. The van der Waals surface area contributed by atoms with Crippen LogP contribution in [0.15, 0.2) is 61.1 Å². The van der Waals surface area contributed by atoms with Gasteiger partial charge < -0.3 is 40.6 Å². The Hall–Kier alpha value is -5.99. The molecule has 3 saturated heterocycles. The number of rotatable bonds is 18. The SMILES string of the molecule is NC1(C(=O)NC(CCN2CCN(C(=O)CCOCCOCCNc3cccc4c3C(=O)N(C3CCC(=O)NC3=O)C4=O)CC2)c2ccc(Cl)cc2)CCN(c2ncnc3[nH]ccc23)CC1. The van der Waals surface area contributed by atoms with Crippen LogP contribution in [0.3, 0.4) is 0 Å². The summed E-state index contributed by atoms with van der Waals surface area (Å²) in [5, 5.41) is 10.2. The summed E-state index contributed by atoms with van der Waals surface area (Å²) >= 11 is 6.22. The summed E-state index contributed by atoms with van der Waals surface area (Å²) in [5.41, 5.74) is 8.34. The summed E-state index contributed by atoms with van der Waals surface area (Å²) in [7, 11) is 0. The molecule has 0 radical (unpaired) electrons. The molecule has 8 rings (SSSR count). The Kier molecular flexibility index (Phi) is 14.3. The van der Waals surface area contributed by atoms with Crippen LogP contribution >= 0.6 is 11.6 Å². The van der Waals surface area contributed by atoms with Crippen molar-refractivity contribution in [2.75, 3.05) is 89.0 Å². The van der Waals surface area contributed by atoms with Gasteiger partial charge in [0.1, 0.15) is 23.8 Å². The number of hydrogen-bond donors (Lipinski definition) is 5. The van der Waals surface area contributed by atoms with E-state index in [0.717, 1.165) is 27.3 Å². The van der Waals surface area contributed by atoms with Gasteiger partial charge in [-0.3, -0.25) is 43.9 Å². The summed E-state index contributed by atoms with van der Waals surface area (Å²) in [5.74, 6) is -1.56. The number of carbonyl (C=O) groups is 6. The molecule has 20 heteroatoms. The number of aromatic amines is 1. The Morgan fingerprint density at radius 2 is 1.66 bits per heavy atom. The molecule has 0 saturated carbocycles. The van der Waals surface area contributed by atoms with Gasteiger partial charge in [-0.2, -0.15) is 0 Å². The zero-order valence-corrected chi connectivity index (χ0v) is 36.8. The maximum absolute atomic E-state index is 13.9. The molecule has 3 fully saturated rings. The first-order valence-corrected chi connectivity index (χ1v) is 22.5. The van der Waals surface area contributed by atoms with Crippen LogP contribution in [0.5, 0.6) is 0 Å². The highest BCUT2D eigenvalue weighted by molar-refractivity contribution is 6.30. The van der Waals surface area contributed by atoms with Gasteiger partial charge in [0.25, 0.3) is 11.8 Å². The second-order valence-corrected chi connectivity index (χ2v) is 17.2. The van der Waals surface area contributed by atoms with Crippen molar-refractivity contribution in [1.82, 2.24) is 40.3 Å². The average Bonchev–Trinajstić information content (AvgIpc) is 3.90. The summed E-state index contributed by atoms with van der Waals surface area (Å²) in [6.45, 7) is 5.98. The van der Waals surface area contributed by atoms with Crippen molar-refractivity contribution < 1.29 is 38.2 Å². The first kappa shape index (κ1) is 45.6. The van der Waals surface area contributed by atoms with Gasteiger partial charge in [-0.1, -0.05) is 29.8 Å². The molecule has 2 aromatic heterocycles. The predicted octanol–water partition coefficient (Wildman–Crippen LogP) is 2.24. The van der Waals surface area contributed by atoms with E-state index in [2.05, 4.69) is 40.7 Å². The minimum absolute atomic E-state index is 0.0252. The molecule has 2 atom stereocenters. The van der Waals surface area contributed by atoms with Gasteiger partial charge in [-0.15, -0.1) is 0 Å². The number of piperidine rings is 2. The van der Waals surface area contributed by atoms with E-state index >= 15 is 0 Å². The largest absolute Gasteiger partial charge is 0.382 e. The lowest BCUT2D eigenvalue weighted by Gasteiger charge is -2.39. The zero-order valence-electron chi connectivity index (χ0n) is 36.1. The molecule has 344 valence electrons. The number of aromatic nitrogens is 3. The Bertz CT molecular complexity index is 2400. The van der Waals surface area contributed by atoms with E-state index in [1.165, 1.54) is 0 Å². The number of H-pyrrole nitrogens is 1. The fourth-order valence-corrected chi connectivity index (χ4v) is 8.99. The van der Waals surface area contributed by atoms with E-state index in [9.17, 15) is 28.8 Å². The van der Waals surface area contributed by atoms with Crippen molar-refractivity contribution in [3.63, 3.8) is 0 Å². The van der Waals surface area contributed by atoms with Gasteiger partial charge in [0.2, 0.25) is 23.6 Å². The van der Waals surface area contributed by atoms with Crippen molar-refractivity contribution in [3.05, 3.63) is 82.8 Å². The van der Waals surface area contributed by atoms with Gasteiger partial charge in [0.15, 0.2) is 0 Å². The highest BCUT2D eigenvalue weighted by atomic mass is 35.5. The summed E-state index contributed by atoms with van der Waals surface area (Å²) in [6.07, 6.45) is 5.37. The molecule has 4 aliphatic heterocycles. The summed E-state index contributed by atoms with van der Waals surface area (Å²) in [6, 6.07) is 13.0. The molecule has 4 aromatic rings. The quantitative estimate of drug-likeness (QED) is 0.0712. The Balaban J connectivity index is 0.715. The lowest BCUT2D eigenvalue weighted by atomic mass is 9.87. The number of fused-ring (bicyclic) bond motifs is 2. The monoisotopic (exact) mass is 911 g/mol. The van der Waals surface area contributed by atoms with Crippen molar-refractivity contribution in [1.29, 1.82) is 0 Å². The molecular formula is C45H54ClN11O8. The third kappa shape index (κ3) is 10.4. The molecular weight excluding hydrogens is 858 g/mol. The van der Waals surface area contributed by atoms with Crippen molar-refractivity contribution >= 4 is 69.6 Å². The third-order valence-corrected chi connectivity index (χ3v) is 12.9. The second kappa shape index (κ2) is 20.5. The minimum atomic E-state index is -1.04. The molecule has 2 unspecified atom stereocenters. The normalized spacial score (nSPS) is 19.4. The summed E-state index contributed by atoms with van der Waals surface area (Å²) < 4.78 is 11.4. The smallest absolute Gasteiger partial charge is 0.264 e. The highest BCUT2D eigenvalue weighted by Crippen LogP contribution is 2.33. The molecule has 19 nitrogen and oxygen atoms in total. The molecule has 6 N–H and O–H groups in total. The van der Waals surface area contributed by atoms with E-state index in [4.69, 9.17) is 26.8 Å². The molecule has 4 aliphatic rings. The number of ether oxygens (including phenoxy) is 2. The molecule has 2 aromatic carbocycles. The van der Waals surface area contributed by atoms with Gasteiger partial charge in [0, 0.05) is 75.7 Å². The number of hydrogen-bond acceptors (Lipinski definition) is 14. The number of nitrogens with one attached hydrogen (secondary N) is 4. The first-order chi connectivity index (χ1) is 31.5. The number of benzene rings is 2. The third-order valence-electron chi connectivity index (χ3n) is 12.6. The Labute approximate surface area is 380 Å². The van der Waals surface area contributed by atoms with Crippen LogP contribution in [0.2, 0.25) is 5.02 Å². The fraction of sp³-hybridized carbons (Fsp3) is 0.467. The molecule has 6 amide bonds. The van der Waals surface area contributed by atoms with Crippen molar-refractivity contribution in [2.45, 2.75) is 56.1 Å². The van der Waals surface area contributed by atoms with Crippen molar-refractivity contribution in [2.24, 2.45) is 5.73 Å². The maximum Gasteiger partial charge on any atom is 0.264 e. The fourth-order valence-electron chi connectivity index (χ4n) is 8.87. The first-order valence-electron chi connectivity index (χ1n) is 22.1. The number of imide groups is 2. The van der Waals surface area contributed by atoms with E-state index < -0.39 is 35.2 Å². The van der Waals surface area contributed by atoms with Gasteiger partial charge in [0.05, 0.1) is 60.9 Å². The van der Waals surface area contributed by atoms with Crippen LogP contribution in [0.4, 0.5) is 11.5 Å². The Morgan fingerprint density at radius 1 is 0.908 bits per heavy atom. The van der Waals surface area contributed by atoms with E-state index in [0.29, 0.717) is 95.5 Å². The Morgan fingerprint density at radius 3 is 2.42 bits per heavy atom. The van der Waals surface area contributed by atoms with Gasteiger partial charge >= 0.3 is 0 Å². The summed E-state index contributed by atoms with van der Waals surface area (Å²) in [4.78, 5) is 96.4. The number of nitrogens with zero attached hydrogens (tertiary/aromatic N) is 6. The highest BCUT2D eigenvalue weighted by Gasteiger charge is 2.46. The van der Waals surface area contributed by atoms with Crippen LogP contribution < -0.4 is 26.6 Å². The lowest BCUT2D eigenvalue weighted by molar-refractivity contribution is -0.136. The van der Waals surface area contributed by atoms with Crippen LogP contribution in [-0.2, 0) is 28.7 Å². The standard InChI is InChI=1S/C45H54ClN11O8/c46-30-6-4-29(5-7-30)33(52-44(63)45(47)13-18-56(19-14-45)40-32-10-15-49-39(32)50-28-51-40)11-17-54-20-22-55(23-21-54)37(59)12-24-64-26-27-65-25-16-48-34-3-1-2-31-38(34)43(62)57(42(31)61)35-8-9-36(58)53-41(35)60/h1-7,10,15,28,33,35,48H,8-9,11-14,16-27,47H2,(H,52,63)(H,49,50,51)(H,53,58,60). The molecule has 0 bridgehead atoms. The topological polar surface area (TPSA) is 238 Å². The van der Waals surface area contributed by atoms with Crippen LogP contribution in [0.25, 0.3) is 11.0 Å². The number of nitrogens with two attached hydrogens (primary N) is 1. The number of anilines is 2. The van der Waals surface area contributed by atoms with E-state index in [1.54, 1.807) is 24.5 Å². The lowest BCUT2D eigenvalue weighted by Crippen LogP contribution is -2.60. The second-order valence-electron chi connectivity index (χ2n) is 16.7. The van der Waals surface area contributed by atoms with Gasteiger partial charge in [-0.05, 0) is 61.6 Å². The maximum atomic E-state index is 13.9. The van der Waals surface area contributed by atoms with Crippen LogP contribution in [0.1, 0.15) is 70.8 Å².